The van der Waals surface area contributed by atoms with Crippen molar-refractivity contribution < 1.29 is 30.8 Å². The highest BCUT2D eigenvalue weighted by atomic mass is 32.2. The Balaban J connectivity index is 1.80. The predicted octanol–water partition coefficient (Wildman–Crippen LogP) is 4.59. The van der Waals surface area contributed by atoms with E-state index in [0.29, 0.717) is 11.8 Å². The Morgan fingerprint density at radius 1 is 1.03 bits per heavy atom. The van der Waals surface area contributed by atoms with Crippen LogP contribution in [0.25, 0.3) is 0 Å². The van der Waals surface area contributed by atoms with E-state index in [9.17, 15) is 26.4 Å². The molecular formula is C20H17F3N2O4S. The van der Waals surface area contributed by atoms with Gasteiger partial charge in [0.2, 0.25) is 0 Å². The molecule has 1 aromatic heterocycles. The molecule has 0 bridgehead atoms. The van der Waals surface area contributed by atoms with Crippen molar-refractivity contribution in [1.29, 1.82) is 0 Å². The molecule has 1 amide bonds. The number of amides is 1. The first-order valence-electron chi connectivity index (χ1n) is 8.71. The van der Waals surface area contributed by atoms with Gasteiger partial charge in [-0.05, 0) is 55.5 Å². The van der Waals surface area contributed by atoms with Gasteiger partial charge in [-0.1, -0.05) is 12.1 Å². The molecule has 0 unspecified atom stereocenters. The molecule has 158 valence electrons. The third-order valence-corrected chi connectivity index (χ3v) is 5.55. The fourth-order valence-corrected chi connectivity index (χ4v) is 3.76. The van der Waals surface area contributed by atoms with Gasteiger partial charge < -0.3 is 9.73 Å². The Labute approximate surface area is 170 Å². The second kappa shape index (κ2) is 8.23. The minimum absolute atomic E-state index is 0.0697. The maximum absolute atomic E-state index is 12.8. The van der Waals surface area contributed by atoms with Crippen LogP contribution in [0.4, 0.5) is 18.9 Å². The molecule has 0 saturated heterocycles. The Morgan fingerprint density at radius 3 is 2.43 bits per heavy atom. The fourth-order valence-electron chi connectivity index (χ4n) is 2.67. The SMILES string of the molecule is C[C@@H](NC(=O)c1cccc(S(=O)(=O)Nc2cccc(C(F)(F)F)c2)c1)c1ccco1. The molecule has 1 heterocycles. The molecule has 2 aromatic carbocycles. The van der Waals surface area contributed by atoms with Gasteiger partial charge in [-0.15, -0.1) is 0 Å². The van der Waals surface area contributed by atoms with Gasteiger partial charge in [0.05, 0.1) is 22.8 Å². The number of hydrogen-bond donors (Lipinski definition) is 2. The standard InChI is InChI=1S/C20H17F3N2O4S/c1-13(18-9-4-10-29-18)24-19(26)14-5-2-8-17(11-14)30(27,28)25-16-7-3-6-15(12-16)20(21,22)23/h2-13,25H,1H3,(H,24,26)/t13-/m1/s1. The molecule has 30 heavy (non-hydrogen) atoms. The summed E-state index contributed by atoms with van der Waals surface area (Å²) in [5, 5.41) is 2.68. The third kappa shape index (κ3) is 5.01. The molecule has 0 aliphatic carbocycles. The zero-order valence-electron chi connectivity index (χ0n) is 15.6. The van der Waals surface area contributed by atoms with Gasteiger partial charge in [-0.3, -0.25) is 9.52 Å². The fraction of sp³-hybridized carbons (Fsp3) is 0.150. The van der Waals surface area contributed by atoms with E-state index < -0.39 is 33.7 Å². The van der Waals surface area contributed by atoms with E-state index in [1.54, 1.807) is 19.1 Å². The number of furan rings is 1. The van der Waals surface area contributed by atoms with Gasteiger partial charge in [-0.25, -0.2) is 8.42 Å². The summed E-state index contributed by atoms with van der Waals surface area (Å²) in [7, 11) is -4.22. The molecule has 0 aliphatic rings. The summed E-state index contributed by atoms with van der Waals surface area (Å²) >= 11 is 0. The average molecular weight is 438 g/mol. The van der Waals surface area contributed by atoms with E-state index in [4.69, 9.17) is 4.42 Å². The lowest BCUT2D eigenvalue weighted by molar-refractivity contribution is -0.137. The van der Waals surface area contributed by atoms with Gasteiger partial charge in [0.25, 0.3) is 15.9 Å². The lowest BCUT2D eigenvalue weighted by Crippen LogP contribution is -2.26. The second-order valence-electron chi connectivity index (χ2n) is 6.42. The summed E-state index contributed by atoms with van der Waals surface area (Å²) in [4.78, 5) is 12.2. The van der Waals surface area contributed by atoms with Crippen molar-refractivity contribution in [2.45, 2.75) is 24.0 Å². The Kier molecular flexibility index (Phi) is 5.88. The highest BCUT2D eigenvalue weighted by Crippen LogP contribution is 2.31. The topological polar surface area (TPSA) is 88.4 Å². The van der Waals surface area contributed by atoms with Crippen molar-refractivity contribution in [1.82, 2.24) is 5.32 Å². The van der Waals surface area contributed by atoms with Crippen LogP contribution in [0.2, 0.25) is 0 Å². The van der Waals surface area contributed by atoms with E-state index in [0.717, 1.165) is 18.2 Å². The molecule has 6 nitrogen and oxygen atoms in total. The molecule has 0 fully saturated rings. The number of halogens is 3. The summed E-state index contributed by atoms with van der Waals surface area (Å²) in [6, 6.07) is 11.9. The number of carbonyl (C=O) groups excluding carboxylic acids is 1. The Bertz CT molecular complexity index is 1140. The van der Waals surface area contributed by atoms with E-state index >= 15 is 0 Å². The van der Waals surface area contributed by atoms with Crippen LogP contribution in [0.5, 0.6) is 0 Å². The number of rotatable bonds is 6. The summed E-state index contributed by atoms with van der Waals surface area (Å²) in [5.41, 5.74) is -1.16. The first-order chi connectivity index (χ1) is 14.1. The minimum Gasteiger partial charge on any atom is -0.467 e. The summed E-state index contributed by atoms with van der Waals surface area (Å²) in [6.07, 6.45) is -3.14. The van der Waals surface area contributed by atoms with Crippen molar-refractivity contribution in [3.8, 4) is 0 Å². The van der Waals surface area contributed by atoms with Gasteiger partial charge in [-0.2, -0.15) is 13.2 Å². The number of carbonyl (C=O) groups is 1. The lowest BCUT2D eigenvalue weighted by atomic mass is 10.2. The van der Waals surface area contributed by atoms with Crippen LogP contribution < -0.4 is 10.0 Å². The highest BCUT2D eigenvalue weighted by Gasteiger charge is 2.30. The average Bonchev–Trinajstić information content (AvgIpc) is 3.22. The van der Waals surface area contributed by atoms with Crippen molar-refractivity contribution in [2.24, 2.45) is 0 Å². The monoisotopic (exact) mass is 438 g/mol. The van der Waals surface area contributed by atoms with Crippen LogP contribution in [0.1, 0.15) is 34.6 Å². The molecule has 2 N–H and O–H groups in total. The summed E-state index contributed by atoms with van der Waals surface area (Å²) in [6.45, 7) is 1.70. The second-order valence-corrected chi connectivity index (χ2v) is 8.10. The van der Waals surface area contributed by atoms with Crippen molar-refractivity contribution in [2.75, 3.05) is 4.72 Å². The first-order valence-corrected chi connectivity index (χ1v) is 10.2. The maximum atomic E-state index is 12.8. The molecule has 3 rings (SSSR count). The third-order valence-electron chi connectivity index (χ3n) is 4.17. The zero-order valence-corrected chi connectivity index (χ0v) is 16.4. The van der Waals surface area contributed by atoms with Crippen molar-refractivity contribution >= 4 is 21.6 Å². The number of alkyl halides is 3. The molecule has 0 spiro atoms. The van der Waals surface area contributed by atoms with Gasteiger partial charge in [0.15, 0.2) is 0 Å². The van der Waals surface area contributed by atoms with Crippen LogP contribution in [0.15, 0.2) is 76.2 Å². The van der Waals surface area contributed by atoms with E-state index in [1.807, 2.05) is 0 Å². The van der Waals surface area contributed by atoms with Crippen molar-refractivity contribution in [3.05, 3.63) is 83.8 Å². The Hall–Kier alpha value is -3.27. The van der Waals surface area contributed by atoms with E-state index in [1.165, 1.54) is 30.5 Å². The van der Waals surface area contributed by atoms with Gasteiger partial charge >= 0.3 is 6.18 Å². The number of nitrogens with one attached hydrogen (secondary N) is 2. The number of hydrogen-bond acceptors (Lipinski definition) is 4. The number of benzene rings is 2. The predicted molar refractivity (Wildman–Crippen MR) is 103 cm³/mol. The van der Waals surface area contributed by atoms with Crippen molar-refractivity contribution in [3.63, 3.8) is 0 Å². The normalized spacial score (nSPS) is 12.9. The summed E-state index contributed by atoms with van der Waals surface area (Å²) in [5.74, 6) is -0.00615. The van der Waals surface area contributed by atoms with Gasteiger partial charge in [0.1, 0.15) is 5.76 Å². The largest absolute Gasteiger partial charge is 0.467 e. The number of anilines is 1. The van der Waals surface area contributed by atoms with Crippen LogP contribution in [0, 0.1) is 0 Å². The molecule has 1 atom stereocenters. The first kappa shape index (κ1) is 21.4. The zero-order chi connectivity index (χ0) is 21.9. The maximum Gasteiger partial charge on any atom is 0.416 e. The minimum atomic E-state index is -4.61. The molecule has 0 saturated carbocycles. The Morgan fingerprint density at radius 2 is 1.77 bits per heavy atom. The number of sulfonamides is 1. The van der Waals surface area contributed by atoms with E-state index in [-0.39, 0.29) is 16.1 Å². The molecule has 0 aliphatic heterocycles. The lowest BCUT2D eigenvalue weighted by Gasteiger charge is -2.13. The van der Waals surface area contributed by atoms with Crippen LogP contribution >= 0.6 is 0 Å². The van der Waals surface area contributed by atoms with Crippen LogP contribution in [0.3, 0.4) is 0 Å². The molecule has 10 heteroatoms. The smallest absolute Gasteiger partial charge is 0.416 e. The molecule has 3 aromatic rings. The molecule has 0 radical (unpaired) electrons. The molecular weight excluding hydrogens is 421 g/mol. The quantitative estimate of drug-likeness (QED) is 0.589. The van der Waals surface area contributed by atoms with Gasteiger partial charge in [0, 0.05) is 11.3 Å². The summed E-state index contributed by atoms with van der Waals surface area (Å²) < 4.78 is 71.1. The van der Waals surface area contributed by atoms with E-state index in [2.05, 4.69) is 10.0 Å². The van der Waals surface area contributed by atoms with Crippen LogP contribution in [-0.2, 0) is 16.2 Å². The highest BCUT2D eigenvalue weighted by molar-refractivity contribution is 7.92. The van der Waals surface area contributed by atoms with Crippen LogP contribution in [-0.4, -0.2) is 14.3 Å².